The van der Waals surface area contributed by atoms with Gasteiger partial charge in [-0.2, -0.15) is 17.9 Å². The summed E-state index contributed by atoms with van der Waals surface area (Å²) in [5.41, 5.74) is 0.388. The van der Waals surface area contributed by atoms with Gasteiger partial charge in [-0.15, -0.1) is 11.3 Å². The standard InChI is InChI=1S/C19H29FN6O3S2/c1-12(2)17-15(9-13(3)30-17)22-19(27)23-31(28,29)26(14-7-6-8-24(4)11-14)16-10-21-25(5)18(16)20/h9-10,12,14H,6-8,11H2,1-5H3,(H2,22,23,27). The second kappa shape index (κ2) is 9.13. The van der Waals surface area contributed by atoms with Gasteiger partial charge in [0.05, 0.1) is 17.9 Å². The molecule has 172 valence electrons. The minimum atomic E-state index is -4.40. The molecule has 1 saturated heterocycles. The second-order valence-electron chi connectivity index (χ2n) is 8.15. The molecular formula is C19H29FN6O3S2. The van der Waals surface area contributed by atoms with Crippen molar-refractivity contribution < 1.29 is 17.6 Å². The monoisotopic (exact) mass is 472 g/mol. The number of thiophene rings is 1. The van der Waals surface area contributed by atoms with E-state index >= 15 is 0 Å². The molecule has 3 rings (SSSR count). The Kier molecular flexibility index (Phi) is 6.92. The third kappa shape index (κ3) is 5.18. The molecule has 0 radical (unpaired) electrons. The SMILES string of the molecule is Cc1cc(NC(=O)NS(=O)(=O)N(c2cnn(C)c2F)C2CCCN(C)C2)c(C(C)C)s1. The Hall–Kier alpha value is -2.18. The van der Waals surface area contributed by atoms with Crippen molar-refractivity contribution >= 4 is 39.0 Å². The van der Waals surface area contributed by atoms with E-state index in [9.17, 15) is 17.6 Å². The number of urea groups is 1. The number of hydrogen-bond donors (Lipinski definition) is 2. The lowest BCUT2D eigenvalue weighted by Gasteiger charge is -2.37. The molecule has 0 aliphatic carbocycles. The fourth-order valence-electron chi connectivity index (χ4n) is 3.78. The second-order valence-corrected chi connectivity index (χ2v) is 11.0. The summed E-state index contributed by atoms with van der Waals surface area (Å²) < 4.78 is 45.2. The number of anilines is 2. The number of carbonyl (C=O) groups is 1. The van der Waals surface area contributed by atoms with Crippen LogP contribution in [0.1, 0.15) is 42.4 Å². The lowest BCUT2D eigenvalue weighted by atomic mass is 10.1. The van der Waals surface area contributed by atoms with E-state index in [2.05, 4.69) is 15.1 Å². The number of piperidine rings is 1. The molecular weight excluding hydrogens is 443 g/mol. The number of aryl methyl sites for hydroxylation is 2. The Morgan fingerprint density at radius 1 is 1.39 bits per heavy atom. The summed E-state index contributed by atoms with van der Waals surface area (Å²) in [6.07, 6.45) is 2.47. The number of nitrogens with one attached hydrogen (secondary N) is 2. The molecule has 0 spiro atoms. The average Bonchev–Trinajstić information content (AvgIpc) is 3.18. The van der Waals surface area contributed by atoms with Crippen LogP contribution < -0.4 is 14.3 Å². The number of hydrogen-bond acceptors (Lipinski definition) is 6. The molecule has 1 aliphatic heterocycles. The van der Waals surface area contributed by atoms with Crippen LogP contribution in [0, 0.1) is 12.9 Å². The van der Waals surface area contributed by atoms with Gasteiger partial charge in [-0.3, -0.25) is 0 Å². The molecule has 0 bridgehead atoms. The summed E-state index contributed by atoms with van der Waals surface area (Å²) in [5, 5.41) is 6.48. The Morgan fingerprint density at radius 3 is 2.68 bits per heavy atom. The molecule has 31 heavy (non-hydrogen) atoms. The summed E-state index contributed by atoms with van der Waals surface area (Å²) >= 11 is 1.54. The van der Waals surface area contributed by atoms with Gasteiger partial charge < -0.3 is 10.2 Å². The molecule has 1 fully saturated rings. The van der Waals surface area contributed by atoms with E-state index in [1.54, 1.807) is 17.4 Å². The van der Waals surface area contributed by atoms with Crippen LogP contribution >= 0.6 is 11.3 Å². The Morgan fingerprint density at radius 2 is 2.10 bits per heavy atom. The first-order valence-corrected chi connectivity index (χ1v) is 12.3. The summed E-state index contributed by atoms with van der Waals surface area (Å²) in [6, 6.07) is 0.386. The normalized spacial score (nSPS) is 17.7. The third-order valence-corrected chi connectivity index (χ3v) is 7.96. The summed E-state index contributed by atoms with van der Waals surface area (Å²) in [6.45, 7) is 7.15. The molecule has 3 heterocycles. The first kappa shape index (κ1) is 23.5. The Balaban J connectivity index is 1.88. The van der Waals surface area contributed by atoms with Gasteiger partial charge in [-0.05, 0) is 45.3 Å². The molecule has 1 aliphatic rings. The maximum atomic E-state index is 14.7. The maximum Gasteiger partial charge on any atom is 0.334 e. The van der Waals surface area contributed by atoms with Crippen molar-refractivity contribution in [2.75, 3.05) is 29.8 Å². The topological polar surface area (TPSA) is 99.6 Å². The molecule has 12 heteroatoms. The molecule has 2 aromatic heterocycles. The van der Waals surface area contributed by atoms with Crippen molar-refractivity contribution in [3.05, 3.63) is 28.0 Å². The van der Waals surface area contributed by atoms with E-state index in [1.165, 1.54) is 13.2 Å². The zero-order chi connectivity index (χ0) is 22.9. The van der Waals surface area contributed by atoms with Crippen molar-refractivity contribution in [2.24, 2.45) is 7.05 Å². The van der Waals surface area contributed by atoms with E-state index in [-0.39, 0.29) is 11.6 Å². The van der Waals surface area contributed by atoms with Crippen molar-refractivity contribution in [3.63, 3.8) is 0 Å². The fourth-order valence-corrected chi connectivity index (χ4v) is 6.09. The highest BCUT2D eigenvalue weighted by molar-refractivity contribution is 7.91. The zero-order valence-corrected chi connectivity index (χ0v) is 20.0. The summed E-state index contributed by atoms with van der Waals surface area (Å²) in [7, 11) is -1.13. The first-order valence-electron chi connectivity index (χ1n) is 10.1. The van der Waals surface area contributed by atoms with E-state index in [0.29, 0.717) is 18.7 Å². The van der Waals surface area contributed by atoms with E-state index in [0.717, 1.165) is 31.7 Å². The number of aromatic nitrogens is 2. The van der Waals surface area contributed by atoms with E-state index < -0.39 is 28.2 Å². The van der Waals surface area contributed by atoms with Crippen molar-refractivity contribution in [3.8, 4) is 0 Å². The Bertz CT molecular complexity index is 1050. The highest BCUT2D eigenvalue weighted by atomic mass is 32.2. The first-order chi connectivity index (χ1) is 14.5. The smallest absolute Gasteiger partial charge is 0.306 e. The predicted molar refractivity (Wildman–Crippen MR) is 120 cm³/mol. The van der Waals surface area contributed by atoms with Crippen LogP contribution in [0.25, 0.3) is 0 Å². The van der Waals surface area contributed by atoms with Gasteiger partial charge in [0.25, 0.3) is 0 Å². The largest absolute Gasteiger partial charge is 0.334 e. The molecule has 9 nitrogen and oxygen atoms in total. The highest BCUT2D eigenvalue weighted by Gasteiger charge is 2.37. The third-order valence-electron chi connectivity index (χ3n) is 5.15. The molecule has 0 aromatic carbocycles. The number of amides is 2. The van der Waals surface area contributed by atoms with Gasteiger partial charge in [0.2, 0.25) is 5.95 Å². The minimum Gasteiger partial charge on any atom is -0.306 e. The van der Waals surface area contributed by atoms with Crippen LogP contribution in [0.15, 0.2) is 12.3 Å². The van der Waals surface area contributed by atoms with Gasteiger partial charge in [-0.1, -0.05) is 13.8 Å². The van der Waals surface area contributed by atoms with Crippen LogP contribution in [0.5, 0.6) is 0 Å². The van der Waals surface area contributed by atoms with Crippen molar-refractivity contribution in [2.45, 2.75) is 45.6 Å². The minimum absolute atomic E-state index is 0.171. The number of likely N-dealkylation sites (tertiary alicyclic amines) is 1. The van der Waals surface area contributed by atoms with Crippen LogP contribution in [0.4, 0.5) is 20.6 Å². The van der Waals surface area contributed by atoms with Crippen molar-refractivity contribution in [1.29, 1.82) is 0 Å². The van der Waals surface area contributed by atoms with Gasteiger partial charge in [0.1, 0.15) is 5.69 Å². The van der Waals surface area contributed by atoms with Crippen LogP contribution in [-0.4, -0.2) is 55.3 Å². The van der Waals surface area contributed by atoms with E-state index in [1.807, 2.05) is 32.7 Å². The molecule has 1 atom stereocenters. The highest BCUT2D eigenvalue weighted by Crippen LogP contribution is 2.33. The molecule has 2 aromatic rings. The molecule has 1 unspecified atom stereocenters. The van der Waals surface area contributed by atoms with Gasteiger partial charge >= 0.3 is 16.2 Å². The molecule has 0 saturated carbocycles. The van der Waals surface area contributed by atoms with E-state index in [4.69, 9.17) is 0 Å². The van der Waals surface area contributed by atoms with Crippen LogP contribution in [0.3, 0.4) is 0 Å². The van der Waals surface area contributed by atoms with Crippen LogP contribution in [-0.2, 0) is 17.3 Å². The molecule has 2 N–H and O–H groups in total. The fraction of sp³-hybridized carbons (Fsp3) is 0.579. The van der Waals surface area contributed by atoms with Gasteiger partial charge in [-0.25, -0.2) is 18.5 Å². The summed E-state index contributed by atoms with van der Waals surface area (Å²) in [4.78, 5) is 16.6. The van der Waals surface area contributed by atoms with Gasteiger partial charge in [0.15, 0.2) is 0 Å². The number of likely N-dealkylation sites (N-methyl/N-ethyl adjacent to an activating group) is 1. The number of carbonyl (C=O) groups excluding carboxylic acids is 1. The summed E-state index contributed by atoms with van der Waals surface area (Å²) in [5.74, 6) is -0.612. The van der Waals surface area contributed by atoms with Gasteiger partial charge in [0, 0.05) is 23.3 Å². The lowest BCUT2D eigenvalue weighted by Crippen LogP contribution is -2.54. The quantitative estimate of drug-likeness (QED) is 0.673. The Labute approximate surface area is 186 Å². The lowest BCUT2D eigenvalue weighted by molar-refractivity contribution is 0.251. The predicted octanol–water partition coefficient (Wildman–Crippen LogP) is 3.02. The average molecular weight is 473 g/mol. The zero-order valence-electron chi connectivity index (χ0n) is 18.3. The maximum absolute atomic E-state index is 14.7. The number of nitrogens with zero attached hydrogens (tertiary/aromatic N) is 4. The van der Waals surface area contributed by atoms with Crippen molar-refractivity contribution in [1.82, 2.24) is 19.4 Å². The number of halogens is 1. The number of rotatable bonds is 6. The van der Waals surface area contributed by atoms with Crippen LogP contribution in [0.2, 0.25) is 0 Å². The molecule has 2 amide bonds.